The zero-order chi connectivity index (χ0) is 15.8. The van der Waals surface area contributed by atoms with Crippen LogP contribution >= 0.6 is 0 Å². The van der Waals surface area contributed by atoms with Crippen molar-refractivity contribution in [3.05, 3.63) is 59.9 Å². The predicted molar refractivity (Wildman–Crippen MR) is 86.6 cm³/mol. The van der Waals surface area contributed by atoms with Gasteiger partial charge in [0.2, 0.25) is 0 Å². The molecule has 2 amide bonds. The molecule has 22 heavy (non-hydrogen) atoms. The van der Waals surface area contributed by atoms with Crippen molar-refractivity contribution < 1.29 is 9.90 Å². The van der Waals surface area contributed by atoms with Gasteiger partial charge < -0.3 is 15.7 Å². The van der Waals surface area contributed by atoms with Crippen LogP contribution < -0.4 is 10.6 Å². The summed E-state index contributed by atoms with van der Waals surface area (Å²) >= 11 is 0. The largest absolute Gasteiger partial charge is 0.396 e. The van der Waals surface area contributed by atoms with Crippen LogP contribution in [-0.2, 0) is 0 Å². The number of carbonyl (C=O) groups excluding carboxylic acids is 1. The zero-order valence-corrected chi connectivity index (χ0v) is 12.6. The molecule has 0 saturated carbocycles. The van der Waals surface area contributed by atoms with Crippen molar-refractivity contribution in [2.45, 2.75) is 25.8 Å². The molecule has 116 valence electrons. The Bertz CT molecular complexity index is 602. The van der Waals surface area contributed by atoms with Gasteiger partial charge in [-0.15, -0.1) is 0 Å². The minimum atomic E-state index is -0.263. The first-order valence-corrected chi connectivity index (χ1v) is 7.34. The van der Waals surface area contributed by atoms with E-state index in [1.807, 2.05) is 37.3 Å². The molecule has 1 heterocycles. The molecular formula is C17H21N3O2. The molecule has 0 aliphatic carbocycles. The maximum absolute atomic E-state index is 12.2. The van der Waals surface area contributed by atoms with Crippen molar-refractivity contribution in [2.24, 2.45) is 0 Å². The number of hydrogen-bond acceptors (Lipinski definition) is 3. The van der Waals surface area contributed by atoms with Gasteiger partial charge in [0.15, 0.2) is 0 Å². The van der Waals surface area contributed by atoms with E-state index in [4.69, 9.17) is 5.11 Å². The Kier molecular flexibility index (Phi) is 5.91. The second-order valence-corrected chi connectivity index (χ2v) is 5.12. The van der Waals surface area contributed by atoms with Crippen LogP contribution in [0.3, 0.4) is 0 Å². The molecular weight excluding hydrogens is 278 g/mol. The molecule has 1 atom stereocenters. The van der Waals surface area contributed by atoms with E-state index in [1.165, 1.54) is 0 Å². The number of benzene rings is 1. The lowest BCUT2D eigenvalue weighted by atomic mass is 10.0. The monoisotopic (exact) mass is 299 g/mol. The van der Waals surface area contributed by atoms with Crippen molar-refractivity contribution in [3.8, 4) is 0 Å². The number of hydrogen-bond donors (Lipinski definition) is 3. The third kappa shape index (κ3) is 4.56. The van der Waals surface area contributed by atoms with Gasteiger partial charge in [-0.25, -0.2) is 4.79 Å². The normalized spacial score (nSPS) is 11.7. The molecule has 0 saturated heterocycles. The van der Waals surface area contributed by atoms with Crippen LogP contribution in [-0.4, -0.2) is 22.7 Å². The Balaban J connectivity index is 2.03. The summed E-state index contributed by atoms with van der Waals surface area (Å²) in [5.74, 6) is 0. The summed E-state index contributed by atoms with van der Waals surface area (Å²) in [6, 6.07) is 11.1. The number of carbonyl (C=O) groups is 1. The van der Waals surface area contributed by atoms with E-state index in [1.54, 1.807) is 18.5 Å². The zero-order valence-electron chi connectivity index (χ0n) is 12.6. The van der Waals surface area contributed by atoms with Gasteiger partial charge in [-0.1, -0.05) is 30.3 Å². The highest BCUT2D eigenvalue weighted by atomic mass is 16.3. The molecule has 2 rings (SSSR count). The third-order valence-electron chi connectivity index (χ3n) is 3.43. The Morgan fingerprint density at radius 3 is 2.73 bits per heavy atom. The van der Waals surface area contributed by atoms with Crippen molar-refractivity contribution in [3.63, 3.8) is 0 Å². The Labute approximate surface area is 130 Å². The quantitative estimate of drug-likeness (QED) is 0.767. The summed E-state index contributed by atoms with van der Waals surface area (Å²) < 4.78 is 0. The van der Waals surface area contributed by atoms with Crippen LogP contribution in [0.2, 0.25) is 0 Å². The predicted octanol–water partition coefficient (Wildman–Crippen LogP) is 3.03. The number of amides is 2. The van der Waals surface area contributed by atoms with E-state index in [0.29, 0.717) is 12.8 Å². The second kappa shape index (κ2) is 8.14. The van der Waals surface area contributed by atoms with Crippen LogP contribution in [0.25, 0.3) is 0 Å². The highest BCUT2D eigenvalue weighted by Gasteiger charge is 2.14. The number of aryl methyl sites for hydroxylation is 1. The molecule has 2 aromatic rings. The van der Waals surface area contributed by atoms with E-state index in [2.05, 4.69) is 15.6 Å². The summed E-state index contributed by atoms with van der Waals surface area (Å²) in [4.78, 5) is 16.2. The SMILES string of the molecule is Cc1cnccc1NC(=O)NC(CCCO)c1ccccc1. The topological polar surface area (TPSA) is 74.2 Å². The number of rotatable bonds is 6. The summed E-state index contributed by atoms with van der Waals surface area (Å²) in [5.41, 5.74) is 2.67. The molecule has 5 heteroatoms. The minimum absolute atomic E-state index is 0.107. The van der Waals surface area contributed by atoms with Crippen molar-refractivity contribution >= 4 is 11.7 Å². The van der Waals surface area contributed by atoms with Crippen LogP contribution in [0.15, 0.2) is 48.8 Å². The van der Waals surface area contributed by atoms with Crippen LogP contribution in [0, 0.1) is 6.92 Å². The van der Waals surface area contributed by atoms with E-state index in [0.717, 1.165) is 16.8 Å². The summed E-state index contributed by atoms with van der Waals surface area (Å²) in [6.45, 7) is 2.00. The lowest BCUT2D eigenvalue weighted by Gasteiger charge is -2.19. The Morgan fingerprint density at radius 1 is 1.27 bits per heavy atom. The molecule has 1 aromatic carbocycles. The fourth-order valence-electron chi connectivity index (χ4n) is 2.23. The number of aliphatic hydroxyl groups is 1. The number of nitrogens with zero attached hydrogens (tertiary/aromatic N) is 1. The first kappa shape index (κ1) is 16.0. The van der Waals surface area contributed by atoms with E-state index in [9.17, 15) is 4.79 Å². The molecule has 0 radical (unpaired) electrons. The first-order valence-electron chi connectivity index (χ1n) is 7.34. The van der Waals surface area contributed by atoms with Gasteiger partial charge in [0.1, 0.15) is 0 Å². The van der Waals surface area contributed by atoms with E-state index < -0.39 is 0 Å². The van der Waals surface area contributed by atoms with E-state index in [-0.39, 0.29) is 18.7 Å². The van der Waals surface area contributed by atoms with Gasteiger partial charge in [-0.2, -0.15) is 0 Å². The number of nitrogens with one attached hydrogen (secondary N) is 2. The fourth-order valence-corrected chi connectivity index (χ4v) is 2.23. The summed E-state index contributed by atoms with van der Waals surface area (Å²) in [5, 5.41) is 14.8. The molecule has 1 unspecified atom stereocenters. The van der Waals surface area contributed by atoms with Gasteiger partial charge in [0.25, 0.3) is 0 Å². The van der Waals surface area contributed by atoms with Crippen LogP contribution in [0.4, 0.5) is 10.5 Å². The number of urea groups is 1. The smallest absolute Gasteiger partial charge is 0.319 e. The maximum atomic E-state index is 12.2. The molecule has 0 aliphatic rings. The highest BCUT2D eigenvalue weighted by Crippen LogP contribution is 2.19. The summed E-state index contributed by atoms with van der Waals surface area (Å²) in [6.07, 6.45) is 4.66. The fraction of sp³-hybridized carbons (Fsp3) is 0.294. The average molecular weight is 299 g/mol. The van der Waals surface area contributed by atoms with Gasteiger partial charge >= 0.3 is 6.03 Å². The highest BCUT2D eigenvalue weighted by molar-refractivity contribution is 5.90. The third-order valence-corrected chi connectivity index (χ3v) is 3.43. The van der Waals surface area contributed by atoms with Crippen LogP contribution in [0.1, 0.15) is 30.0 Å². The molecule has 0 spiro atoms. The summed E-state index contributed by atoms with van der Waals surface area (Å²) in [7, 11) is 0. The first-order chi connectivity index (χ1) is 10.7. The number of aromatic nitrogens is 1. The van der Waals surface area contributed by atoms with Crippen molar-refractivity contribution in [2.75, 3.05) is 11.9 Å². The molecule has 3 N–H and O–H groups in total. The number of aliphatic hydroxyl groups excluding tert-OH is 1. The molecule has 0 aliphatic heterocycles. The second-order valence-electron chi connectivity index (χ2n) is 5.12. The molecule has 1 aromatic heterocycles. The number of anilines is 1. The average Bonchev–Trinajstić information content (AvgIpc) is 2.54. The lowest BCUT2D eigenvalue weighted by molar-refractivity contribution is 0.244. The molecule has 5 nitrogen and oxygen atoms in total. The maximum Gasteiger partial charge on any atom is 0.319 e. The van der Waals surface area contributed by atoms with E-state index >= 15 is 0 Å². The van der Waals surface area contributed by atoms with Crippen molar-refractivity contribution in [1.82, 2.24) is 10.3 Å². The Morgan fingerprint density at radius 2 is 2.05 bits per heavy atom. The number of pyridine rings is 1. The minimum Gasteiger partial charge on any atom is -0.396 e. The van der Waals surface area contributed by atoms with Gasteiger partial charge in [0, 0.05) is 24.7 Å². The van der Waals surface area contributed by atoms with Gasteiger partial charge in [-0.3, -0.25) is 4.98 Å². The lowest BCUT2D eigenvalue weighted by Crippen LogP contribution is -2.33. The van der Waals surface area contributed by atoms with Gasteiger partial charge in [0.05, 0.1) is 6.04 Å². The Hall–Kier alpha value is -2.40. The van der Waals surface area contributed by atoms with Crippen molar-refractivity contribution in [1.29, 1.82) is 0 Å². The standard InChI is InChI=1S/C17H21N3O2/c1-13-12-18-10-9-15(13)19-17(22)20-16(8-5-11-21)14-6-3-2-4-7-14/h2-4,6-7,9-10,12,16,21H,5,8,11H2,1H3,(H2,18,19,20,22). The molecule has 0 bridgehead atoms. The molecule has 0 fully saturated rings. The van der Waals surface area contributed by atoms with Crippen LogP contribution in [0.5, 0.6) is 0 Å². The van der Waals surface area contributed by atoms with Gasteiger partial charge in [-0.05, 0) is 37.0 Å².